The standard InChI is InChI=1S/C24H25ClN6O3S/c1-16-13-22(17(2)12-21(16)25)35(32,33)30-10-8-29(9-11-30)23-20(14-26-24-27-15-28-31(23)24)18-4-6-19(34-3)7-5-18/h4-7,12-15H,8-11H2,1-3H3. The monoisotopic (exact) mass is 512 g/mol. The highest BCUT2D eigenvalue weighted by molar-refractivity contribution is 7.89. The highest BCUT2D eigenvalue weighted by atomic mass is 35.5. The molecule has 5 rings (SSSR count). The third-order valence-electron chi connectivity index (χ3n) is 6.29. The number of aromatic nitrogens is 4. The lowest BCUT2D eigenvalue weighted by molar-refractivity contribution is 0.383. The smallest absolute Gasteiger partial charge is 0.254 e. The maximum Gasteiger partial charge on any atom is 0.254 e. The first-order valence-electron chi connectivity index (χ1n) is 11.1. The summed E-state index contributed by atoms with van der Waals surface area (Å²) in [5.74, 6) is 2.07. The average Bonchev–Trinajstić information content (AvgIpc) is 3.35. The Bertz CT molecular complexity index is 1500. The van der Waals surface area contributed by atoms with Crippen molar-refractivity contribution in [2.24, 2.45) is 0 Å². The molecule has 1 fully saturated rings. The molecule has 0 atom stereocenters. The second-order valence-electron chi connectivity index (χ2n) is 8.45. The Morgan fingerprint density at radius 2 is 1.69 bits per heavy atom. The Morgan fingerprint density at radius 1 is 0.971 bits per heavy atom. The van der Waals surface area contributed by atoms with Gasteiger partial charge in [-0.25, -0.2) is 13.4 Å². The molecule has 0 saturated carbocycles. The minimum atomic E-state index is -3.65. The summed E-state index contributed by atoms with van der Waals surface area (Å²) in [6.45, 7) is 5.24. The van der Waals surface area contributed by atoms with Crippen molar-refractivity contribution in [3.63, 3.8) is 0 Å². The maximum absolute atomic E-state index is 13.4. The Balaban J connectivity index is 1.46. The number of nitrogens with zero attached hydrogens (tertiary/aromatic N) is 6. The van der Waals surface area contributed by atoms with Gasteiger partial charge in [-0.3, -0.25) is 0 Å². The van der Waals surface area contributed by atoms with E-state index in [0.717, 1.165) is 28.3 Å². The van der Waals surface area contributed by atoms with Crippen molar-refractivity contribution in [3.8, 4) is 16.9 Å². The lowest BCUT2D eigenvalue weighted by Gasteiger charge is -2.36. The Hall–Kier alpha value is -3.21. The zero-order valence-electron chi connectivity index (χ0n) is 19.6. The van der Waals surface area contributed by atoms with Gasteiger partial charge in [-0.1, -0.05) is 23.7 Å². The molecule has 0 N–H and O–H groups in total. The number of sulfonamides is 1. The van der Waals surface area contributed by atoms with Gasteiger partial charge >= 0.3 is 0 Å². The zero-order valence-corrected chi connectivity index (χ0v) is 21.2. The van der Waals surface area contributed by atoms with Crippen LogP contribution in [0.3, 0.4) is 0 Å². The van der Waals surface area contributed by atoms with Crippen molar-refractivity contribution in [2.45, 2.75) is 18.7 Å². The molecule has 0 unspecified atom stereocenters. The molecule has 1 aliphatic heterocycles. The molecule has 0 bridgehead atoms. The number of aryl methyl sites for hydroxylation is 2. The highest BCUT2D eigenvalue weighted by Gasteiger charge is 2.32. The van der Waals surface area contributed by atoms with Crippen molar-refractivity contribution in [1.82, 2.24) is 23.9 Å². The summed E-state index contributed by atoms with van der Waals surface area (Å²) in [5.41, 5.74) is 3.21. The largest absolute Gasteiger partial charge is 0.497 e. The minimum Gasteiger partial charge on any atom is -0.497 e. The molecule has 0 aliphatic carbocycles. The van der Waals surface area contributed by atoms with Crippen LogP contribution in [-0.4, -0.2) is 65.6 Å². The lowest BCUT2D eigenvalue weighted by Crippen LogP contribution is -2.49. The number of ether oxygens (including phenoxy) is 1. The van der Waals surface area contributed by atoms with Crippen LogP contribution in [0.5, 0.6) is 5.75 Å². The summed E-state index contributed by atoms with van der Waals surface area (Å²) in [6, 6.07) is 11.1. The van der Waals surface area contributed by atoms with Crippen molar-refractivity contribution < 1.29 is 13.2 Å². The Morgan fingerprint density at radius 3 is 2.37 bits per heavy atom. The van der Waals surface area contributed by atoms with E-state index in [1.165, 1.54) is 10.6 Å². The van der Waals surface area contributed by atoms with E-state index >= 15 is 0 Å². The molecule has 3 heterocycles. The van der Waals surface area contributed by atoms with Crippen LogP contribution in [0.1, 0.15) is 11.1 Å². The van der Waals surface area contributed by atoms with Gasteiger partial charge < -0.3 is 9.64 Å². The predicted octanol–water partition coefficient (Wildman–Crippen LogP) is 3.58. The normalized spacial score (nSPS) is 15.0. The van der Waals surface area contributed by atoms with Crippen LogP contribution in [0.2, 0.25) is 5.02 Å². The molecule has 0 spiro atoms. The average molecular weight is 513 g/mol. The maximum atomic E-state index is 13.4. The van der Waals surface area contributed by atoms with E-state index in [2.05, 4.69) is 20.0 Å². The summed E-state index contributed by atoms with van der Waals surface area (Å²) in [4.78, 5) is 11.1. The van der Waals surface area contributed by atoms with E-state index in [1.807, 2.05) is 31.2 Å². The molecule has 35 heavy (non-hydrogen) atoms. The molecule has 2 aromatic heterocycles. The number of methoxy groups -OCH3 is 1. The number of hydrogen-bond acceptors (Lipinski definition) is 7. The molecule has 4 aromatic rings. The first-order chi connectivity index (χ1) is 16.8. The SMILES string of the molecule is COc1ccc(-c2cnc3ncnn3c2N2CCN(S(=O)(=O)c3cc(C)c(Cl)cc3C)CC2)cc1. The van der Waals surface area contributed by atoms with Gasteiger partial charge in [0.05, 0.1) is 12.0 Å². The van der Waals surface area contributed by atoms with E-state index < -0.39 is 10.0 Å². The van der Waals surface area contributed by atoms with E-state index in [1.54, 1.807) is 36.9 Å². The van der Waals surface area contributed by atoms with E-state index in [-0.39, 0.29) is 0 Å². The van der Waals surface area contributed by atoms with E-state index in [0.29, 0.717) is 47.4 Å². The number of halogens is 1. The fraction of sp³-hybridized carbons (Fsp3) is 0.292. The number of piperazine rings is 1. The molecule has 182 valence electrons. The summed E-state index contributed by atoms with van der Waals surface area (Å²) in [7, 11) is -2.02. The molecule has 1 saturated heterocycles. The number of fused-ring (bicyclic) bond motifs is 1. The lowest BCUT2D eigenvalue weighted by atomic mass is 10.1. The molecule has 0 radical (unpaired) electrons. The van der Waals surface area contributed by atoms with Gasteiger partial charge in [0.25, 0.3) is 5.78 Å². The van der Waals surface area contributed by atoms with Gasteiger partial charge in [0.1, 0.15) is 17.9 Å². The molecule has 9 nitrogen and oxygen atoms in total. The Kier molecular flexibility index (Phi) is 6.12. The number of rotatable bonds is 5. The van der Waals surface area contributed by atoms with Gasteiger partial charge in [0.2, 0.25) is 10.0 Å². The van der Waals surface area contributed by atoms with Gasteiger partial charge in [0.15, 0.2) is 0 Å². The van der Waals surface area contributed by atoms with Crippen LogP contribution in [0.15, 0.2) is 53.8 Å². The first kappa shape index (κ1) is 23.5. The molecule has 0 amide bonds. The van der Waals surface area contributed by atoms with Crippen LogP contribution in [0, 0.1) is 13.8 Å². The van der Waals surface area contributed by atoms with Gasteiger partial charge in [0, 0.05) is 43.0 Å². The van der Waals surface area contributed by atoms with Crippen molar-refractivity contribution in [2.75, 3.05) is 38.2 Å². The van der Waals surface area contributed by atoms with Crippen molar-refractivity contribution in [3.05, 3.63) is 65.1 Å². The zero-order chi connectivity index (χ0) is 24.7. The number of anilines is 1. The highest BCUT2D eigenvalue weighted by Crippen LogP contribution is 2.33. The topological polar surface area (TPSA) is 92.9 Å². The van der Waals surface area contributed by atoms with Gasteiger partial charge in [-0.05, 0) is 54.8 Å². The fourth-order valence-corrected chi connectivity index (χ4v) is 6.29. The predicted molar refractivity (Wildman–Crippen MR) is 135 cm³/mol. The number of hydrogen-bond donors (Lipinski definition) is 0. The van der Waals surface area contributed by atoms with Crippen LogP contribution in [-0.2, 0) is 10.0 Å². The minimum absolute atomic E-state index is 0.300. The molecular weight excluding hydrogens is 488 g/mol. The van der Waals surface area contributed by atoms with Crippen LogP contribution in [0.4, 0.5) is 5.82 Å². The second kappa shape index (κ2) is 9.10. The molecule has 11 heteroatoms. The summed E-state index contributed by atoms with van der Waals surface area (Å²) in [6.07, 6.45) is 3.25. The Labute approximate surface area is 209 Å². The summed E-state index contributed by atoms with van der Waals surface area (Å²) in [5, 5.41) is 4.95. The van der Waals surface area contributed by atoms with E-state index in [9.17, 15) is 8.42 Å². The first-order valence-corrected chi connectivity index (χ1v) is 13.0. The quantitative estimate of drug-likeness (QED) is 0.403. The van der Waals surface area contributed by atoms with Crippen molar-refractivity contribution in [1.29, 1.82) is 0 Å². The molecule has 2 aromatic carbocycles. The van der Waals surface area contributed by atoms with Crippen molar-refractivity contribution >= 4 is 33.2 Å². The van der Waals surface area contributed by atoms with Gasteiger partial charge in [-0.15, -0.1) is 0 Å². The molecular formula is C24H25ClN6O3S. The number of benzene rings is 2. The second-order valence-corrected chi connectivity index (χ2v) is 10.8. The fourth-order valence-electron chi connectivity index (χ4n) is 4.36. The third kappa shape index (κ3) is 4.22. The van der Waals surface area contributed by atoms with Gasteiger partial charge in [-0.2, -0.15) is 18.9 Å². The summed E-state index contributed by atoms with van der Waals surface area (Å²) >= 11 is 6.19. The third-order valence-corrected chi connectivity index (χ3v) is 8.74. The summed E-state index contributed by atoms with van der Waals surface area (Å²) < 4.78 is 35.4. The molecule has 1 aliphatic rings. The van der Waals surface area contributed by atoms with Crippen LogP contribution in [0.25, 0.3) is 16.9 Å². The van der Waals surface area contributed by atoms with Crippen LogP contribution < -0.4 is 9.64 Å². The van der Waals surface area contributed by atoms with Crippen LogP contribution >= 0.6 is 11.6 Å². The van der Waals surface area contributed by atoms with E-state index in [4.69, 9.17) is 16.3 Å².